The molecule has 4 atom stereocenters. The fourth-order valence-corrected chi connectivity index (χ4v) is 3.31. The lowest BCUT2D eigenvalue weighted by atomic mass is 10.0. The minimum atomic E-state index is -1.41. The summed E-state index contributed by atoms with van der Waals surface area (Å²) < 4.78 is 10.6. The average Bonchev–Trinajstić information content (AvgIpc) is 2.70. The van der Waals surface area contributed by atoms with Gasteiger partial charge in [-0.3, -0.25) is 9.69 Å². The van der Waals surface area contributed by atoms with Gasteiger partial charge in [0, 0.05) is 13.1 Å². The van der Waals surface area contributed by atoms with Gasteiger partial charge in [0.15, 0.2) is 12.1 Å². The van der Waals surface area contributed by atoms with Crippen molar-refractivity contribution in [2.75, 3.05) is 13.2 Å². The minimum absolute atomic E-state index is 0.0356. The smallest absolute Gasteiger partial charge is 0.177 e. The van der Waals surface area contributed by atoms with Crippen molar-refractivity contribution in [3.8, 4) is 0 Å². The summed E-state index contributed by atoms with van der Waals surface area (Å²) in [6, 6.07) is 19.8. The molecule has 0 unspecified atom stereocenters. The van der Waals surface area contributed by atoms with E-state index in [0.717, 1.165) is 11.1 Å². The Bertz CT molecular complexity index is 698. The first kappa shape index (κ1) is 20.6. The van der Waals surface area contributed by atoms with Gasteiger partial charge in [0.05, 0.1) is 13.2 Å². The van der Waals surface area contributed by atoms with E-state index in [2.05, 4.69) is 0 Å². The number of benzene rings is 2. The third-order valence-corrected chi connectivity index (χ3v) is 4.75. The summed E-state index contributed by atoms with van der Waals surface area (Å²) in [6.45, 7) is 2.90. The summed E-state index contributed by atoms with van der Waals surface area (Å²) in [5.74, 6) is -0.384. The highest BCUT2D eigenvalue weighted by molar-refractivity contribution is 5.85. The van der Waals surface area contributed by atoms with Crippen molar-refractivity contribution < 1.29 is 24.5 Å². The monoisotopic (exact) mass is 385 g/mol. The van der Waals surface area contributed by atoms with Gasteiger partial charge in [-0.1, -0.05) is 60.7 Å². The highest BCUT2D eigenvalue weighted by atomic mass is 16.7. The van der Waals surface area contributed by atoms with E-state index < -0.39 is 24.6 Å². The molecule has 1 fully saturated rings. The lowest BCUT2D eigenvalue weighted by Gasteiger charge is -2.35. The zero-order chi connectivity index (χ0) is 19.9. The number of aliphatic hydroxyl groups excluding tert-OH is 2. The molecule has 6 nitrogen and oxygen atoms in total. The molecule has 0 bridgehead atoms. The Kier molecular flexibility index (Phi) is 7.30. The Balaban J connectivity index is 1.69. The Morgan fingerprint density at radius 3 is 2.14 bits per heavy atom. The van der Waals surface area contributed by atoms with E-state index >= 15 is 0 Å². The SMILES string of the molecule is C[C@H]1OC[C@@H](O)[C@H]([C@H](O)C(=O)CN(Cc2ccccc2)Cc2ccccc2)O1. The van der Waals surface area contributed by atoms with Crippen LogP contribution in [-0.4, -0.2) is 58.6 Å². The van der Waals surface area contributed by atoms with Gasteiger partial charge in [0.2, 0.25) is 0 Å². The Labute approximate surface area is 165 Å². The molecule has 0 radical (unpaired) electrons. The predicted octanol–water partition coefficient (Wildman–Crippen LogP) is 1.74. The van der Waals surface area contributed by atoms with Crippen LogP contribution in [0.1, 0.15) is 18.1 Å². The zero-order valence-electron chi connectivity index (χ0n) is 16.0. The Morgan fingerprint density at radius 2 is 1.61 bits per heavy atom. The van der Waals surface area contributed by atoms with Gasteiger partial charge >= 0.3 is 0 Å². The standard InChI is InChI=1S/C22H27NO5/c1-16-27-15-20(25)22(28-16)21(26)19(24)14-23(12-17-8-4-2-5-9-17)13-18-10-6-3-7-11-18/h2-11,16,20-22,25-26H,12-15H2,1H3/t16-,20+,21+,22+/m0/s1. The van der Waals surface area contributed by atoms with Crippen molar-refractivity contribution in [1.82, 2.24) is 4.90 Å². The van der Waals surface area contributed by atoms with E-state index in [1.54, 1.807) is 6.92 Å². The van der Waals surface area contributed by atoms with Gasteiger partial charge in [-0.15, -0.1) is 0 Å². The minimum Gasteiger partial charge on any atom is -0.388 e. The van der Waals surface area contributed by atoms with Crippen LogP contribution in [0.5, 0.6) is 0 Å². The van der Waals surface area contributed by atoms with Crippen molar-refractivity contribution in [2.45, 2.75) is 44.6 Å². The number of ketones is 1. The first-order chi connectivity index (χ1) is 13.5. The number of carbonyl (C=O) groups is 1. The zero-order valence-corrected chi connectivity index (χ0v) is 16.0. The normalized spacial score (nSPS) is 23.5. The molecule has 2 aromatic rings. The van der Waals surface area contributed by atoms with E-state index in [1.165, 1.54) is 0 Å². The second-order valence-corrected chi connectivity index (χ2v) is 7.10. The summed E-state index contributed by atoms with van der Waals surface area (Å²) in [5.41, 5.74) is 2.16. The lowest BCUT2D eigenvalue weighted by Crippen LogP contribution is -2.53. The molecule has 0 aliphatic carbocycles. The van der Waals surface area contributed by atoms with Crippen molar-refractivity contribution in [3.63, 3.8) is 0 Å². The van der Waals surface area contributed by atoms with Gasteiger partial charge in [-0.05, 0) is 18.1 Å². The van der Waals surface area contributed by atoms with Crippen LogP contribution in [0.25, 0.3) is 0 Å². The van der Waals surface area contributed by atoms with E-state index in [-0.39, 0.29) is 18.9 Å². The molecule has 6 heteroatoms. The third kappa shape index (κ3) is 5.70. The number of carbonyl (C=O) groups excluding carboxylic acids is 1. The van der Waals surface area contributed by atoms with Gasteiger partial charge in [0.1, 0.15) is 18.3 Å². The van der Waals surface area contributed by atoms with Gasteiger partial charge in [0.25, 0.3) is 0 Å². The molecule has 0 saturated carbocycles. The van der Waals surface area contributed by atoms with Gasteiger partial charge < -0.3 is 19.7 Å². The van der Waals surface area contributed by atoms with E-state index in [0.29, 0.717) is 13.1 Å². The van der Waals surface area contributed by atoms with Crippen molar-refractivity contribution >= 4 is 5.78 Å². The number of hydrogen-bond acceptors (Lipinski definition) is 6. The summed E-state index contributed by atoms with van der Waals surface area (Å²) >= 11 is 0. The molecule has 2 aromatic carbocycles. The topological polar surface area (TPSA) is 79.2 Å². The van der Waals surface area contributed by atoms with Crippen LogP contribution in [0.4, 0.5) is 0 Å². The summed E-state index contributed by atoms with van der Waals surface area (Å²) in [4.78, 5) is 14.7. The number of nitrogens with zero attached hydrogens (tertiary/aromatic N) is 1. The van der Waals surface area contributed by atoms with Crippen molar-refractivity contribution in [2.24, 2.45) is 0 Å². The summed E-state index contributed by atoms with van der Waals surface area (Å²) in [6.07, 6.45) is -3.99. The molecule has 0 amide bonds. The maximum atomic E-state index is 12.8. The molecule has 1 saturated heterocycles. The largest absolute Gasteiger partial charge is 0.388 e. The number of Topliss-reactive ketones (excluding diaryl/α,β-unsaturated/α-hetero) is 1. The number of rotatable bonds is 8. The van der Waals surface area contributed by atoms with Crippen LogP contribution in [-0.2, 0) is 27.4 Å². The Morgan fingerprint density at radius 1 is 1.07 bits per heavy atom. The number of ether oxygens (including phenoxy) is 2. The van der Waals surface area contributed by atoms with E-state index in [1.807, 2.05) is 65.6 Å². The van der Waals surface area contributed by atoms with Crippen molar-refractivity contribution in [3.05, 3.63) is 71.8 Å². The maximum Gasteiger partial charge on any atom is 0.177 e. The fourth-order valence-electron chi connectivity index (χ4n) is 3.31. The maximum absolute atomic E-state index is 12.8. The molecule has 0 aromatic heterocycles. The number of hydrogen-bond donors (Lipinski definition) is 2. The first-order valence-corrected chi connectivity index (χ1v) is 9.49. The predicted molar refractivity (Wildman–Crippen MR) is 104 cm³/mol. The second kappa shape index (κ2) is 9.91. The van der Waals surface area contributed by atoms with Gasteiger partial charge in [-0.2, -0.15) is 0 Å². The molecule has 1 aliphatic heterocycles. The molecular formula is C22H27NO5. The van der Waals surface area contributed by atoms with Gasteiger partial charge in [-0.25, -0.2) is 0 Å². The highest BCUT2D eigenvalue weighted by Gasteiger charge is 2.38. The van der Waals surface area contributed by atoms with E-state index in [4.69, 9.17) is 9.47 Å². The van der Waals surface area contributed by atoms with Crippen LogP contribution in [0, 0.1) is 0 Å². The third-order valence-electron chi connectivity index (χ3n) is 4.75. The molecule has 150 valence electrons. The van der Waals surface area contributed by atoms with Crippen LogP contribution < -0.4 is 0 Å². The average molecular weight is 385 g/mol. The van der Waals surface area contributed by atoms with Crippen LogP contribution in [0.3, 0.4) is 0 Å². The quantitative estimate of drug-likeness (QED) is 0.721. The first-order valence-electron chi connectivity index (χ1n) is 9.49. The van der Waals surface area contributed by atoms with Crippen LogP contribution in [0.2, 0.25) is 0 Å². The molecule has 28 heavy (non-hydrogen) atoms. The second-order valence-electron chi connectivity index (χ2n) is 7.10. The molecule has 0 spiro atoms. The molecule has 1 heterocycles. The lowest BCUT2D eigenvalue weighted by molar-refractivity contribution is -0.261. The van der Waals surface area contributed by atoms with E-state index in [9.17, 15) is 15.0 Å². The molecular weight excluding hydrogens is 358 g/mol. The highest BCUT2D eigenvalue weighted by Crippen LogP contribution is 2.18. The number of aliphatic hydroxyl groups is 2. The Hall–Kier alpha value is -2.09. The molecule has 3 rings (SSSR count). The molecule has 2 N–H and O–H groups in total. The summed E-state index contributed by atoms with van der Waals surface area (Å²) in [5, 5.41) is 20.5. The van der Waals surface area contributed by atoms with Crippen molar-refractivity contribution in [1.29, 1.82) is 0 Å². The van der Waals surface area contributed by atoms with Crippen LogP contribution in [0.15, 0.2) is 60.7 Å². The fraction of sp³-hybridized carbons (Fsp3) is 0.409. The summed E-state index contributed by atoms with van der Waals surface area (Å²) in [7, 11) is 0. The van der Waals surface area contributed by atoms with Crippen LogP contribution >= 0.6 is 0 Å². The molecule has 1 aliphatic rings.